The van der Waals surface area contributed by atoms with Crippen LogP contribution >= 0.6 is 0 Å². The highest BCUT2D eigenvalue weighted by atomic mass is 16.5. The fourth-order valence-electron chi connectivity index (χ4n) is 1.54. The number of methoxy groups -OCH3 is 4. The van der Waals surface area contributed by atoms with Crippen LogP contribution in [0.2, 0.25) is 0 Å². The highest BCUT2D eigenvalue weighted by Gasteiger charge is 2.21. The number of benzene rings is 1. The lowest BCUT2D eigenvalue weighted by atomic mass is 10.1. The third-order valence-corrected chi connectivity index (χ3v) is 2.50. The summed E-state index contributed by atoms with van der Waals surface area (Å²) in [7, 11) is 5.76. The average Bonchev–Trinajstić information content (AvgIpc) is 2.43. The van der Waals surface area contributed by atoms with Gasteiger partial charge in [0.05, 0.1) is 28.4 Å². The summed E-state index contributed by atoms with van der Waals surface area (Å²) in [6.45, 7) is 0. The van der Waals surface area contributed by atoms with E-state index in [1.54, 1.807) is 12.1 Å². The molecule has 0 spiro atoms. The molecule has 0 heterocycles. The summed E-state index contributed by atoms with van der Waals surface area (Å²) < 4.78 is 20.1. The maximum atomic E-state index is 11.4. The molecule has 0 aliphatic rings. The van der Waals surface area contributed by atoms with E-state index in [4.69, 9.17) is 19.9 Å². The minimum atomic E-state index is -0.899. The van der Waals surface area contributed by atoms with Crippen LogP contribution < -0.4 is 19.9 Å². The molecule has 0 aliphatic heterocycles. The molecular formula is C12H17NO5. The Balaban J connectivity index is 3.27. The Morgan fingerprint density at radius 1 is 1.06 bits per heavy atom. The van der Waals surface area contributed by atoms with Gasteiger partial charge in [-0.25, -0.2) is 0 Å². The van der Waals surface area contributed by atoms with Crippen molar-refractivity contribution in [2.45, 2.75) is 6.04 Å². The molecule has 1 atom stereocenters. The topological polar surface area (TPSA) is 80.0 Å². The number of hydrogen-bond acceptors (Lipinski definition) is 6. The second kappa shape index (κ2) is 6.11. The summed E-state index contributed by atoms with van der Waals surface area (Å²) in [4.78, 5) is 11.4. The Labute approximate surface area is 106 Å². The number of carbonyl (C=O) groups excluding carboxylic acids is 1. The van der Waals surface area contributed by atoms with Gasteiger partial charge in [0.1, 0.15) is 6.04 Å². The van der Waals surface area contributed by atoms with Gasteiger partial charge in [0.2, 0.25) is 5.75 Å². The van der Waals surface area contributed by atoms with Crippen molar-refractivity contribution in [1.29, 1.82) is 0 Å². The smallest absolute Gasteiger partial charge is 0.327 e. The first-order valence-electron chi connectivity index (χ1n) is 5.22. The van der Waals surface area contributed by atoms with Crippen LogP contribution in [0.4, 0.5) is 0 Å². The first-order valence-corrected chi connectivity index (χ1v) is 5.22. The molecule has 2 N–H and O–H groups in total. The van der Waals surface area contributed by atoms with Gasteiger partial charge in [0.25, 0.3) is 0 Å². The summed E-state index contributed by atoms with van der Waals surface area (Å²) in [5.74, 6) is 0.780. The summed E-state index contributed by atoms with van der Waals surface area (Å²) in [5.41, 5.74) is 6.29. The fraction of sp³-hybridized carbons (Fsp3) is 0.417. The molecule has 0 unspecified atom stereocenters. The summed E-state index contributed by atoms with van der Waals surface area (Å²) in [5, 5.41) is 0. The molecule has 1 rings (SSSR count). The normalized spacial score (nSPS) is 11.6. The zero-order chi connectivity index (χ0) is 13.7. The SMILES string of the molecule is COC(=O)[C@H](N)c1cc(OC)c(OC)c(OC)c1. The molecule has 1 aromatic rings. The van der Waals surface area contributed by atoms with Crippen LogP contribution in [-0.4, -0.2) is 34.4 Å². The summed E-state index contributed by atoms with van der Waals surface area (Å²) in [6.07, 6.45) is 0. The van der Waals surface area contributed by atoms with E-state index in [0.29, 0.717) is 22.8 Å². The predicted molar refractivity (Wildman–Crippen MR) is 65.0 cm³/mol. The lowest BCUT2D eigenvalue weighted by Crippen LogP contribution is -2.22. The molecule has 0 saturated carbocycles. The molecule has 0 radical (unpaired) electrons. The van der Waals surface area contributed by atoms with Gasteiger partial charge in [-0.05, 0) is 17.7 Å². The van der Waals surface area contributed by atoms with E-state index in [9.17, 15) is 4.79 Å². The largest absolute Gasteiger partial charge is 0.493 e. The first kappa shape index (κ1) is 14.1. The highest BCUT2D eigenvalue weighted by molar-refractivity contribution is 5.78. The zero-order valence-electron chi connectivity index (χ0n) is 10.9. The maximum absolute atomic E-state index is 11.4. The molecular weight excluding hydrogens is 238 g/mol. The van der Waals surface area contributed by atoms with Crippen molar-refractivity contribution in [3.05, 3.63) is 17.7 Å². The van der Waals surface area contributed by atoms with Gasteiger partial charge in [-0.1, -0.05) is 0 Å². The van der Waals surface area contributed by atoms with E-state index in [2.05, 4.69) is 4.74 Å². The molecule has 1 aromatic carbocycles. The van der Waals surface area contributed by atoms with Crippen molar-refractivity contribution in [3.63, 3.8) is 0 Å². The molecule has 6 heteroatoms. The van der Waals surface area contributed by atoms with Gasteiger partial charge >= 0.3 is 5.97 Å². The summed E-state index contributed by atoms with van der Waals surface area (Å²) >= 11 is 0. The van der Waals surface area contributed by atoms with Crippen LogP contribution in [0.15, 0.2) is 12.1 Å². The van der Waals surface area contributed by atoms with Crippen LogP contribution in [-0.2, 0) is 9.53 Å². The molecule has 0 aliphatic carbocycles. The fourth-order valence-corrected chi connectivity index (χ4v) is 1.54. The number of nitrogens with two attached hydrogens (primary N) is 1. The van der Waals surface area contributed by atoms with Crippen LogP contribution in [0.25, 0.3) is 0 Å². The van der Waals surface area contributed by atoms with Gasteiger partial charge < -0.3 is 24.7 Å². The molecule has 0 saturated heterocycles. The molecule has 6 nitrogen and oxygen atoms in total. The minimum Gasteiger partial charge on any atom is -0.493 e. The molecule has 100 valence electrons. The van der Waals surface area contributed by atoms with Crippen molar-refractivity contribution >= 4 is 5.97 Å². The number of hydrogen-bond donors (Lipinski definition) is 1. The van der Waals surface area contributed by atoms with Crippen molar-refractivity contribution in [2.75, 3.05) is 28.4 Å². The Morgan fingerprint density at radius 2 is 1.56 bits per heavy atom. The van der Waals surface area contributed by atoms with Crippen LogP contribution in [0.3, 0.4) is 0 Å². The Hall–Kier alpha value is -1.95. The van der Waals surface area contributed by atoms with Gasteiger partial charge in [-0.15, -0.1) is 0 Å². The monoisotopic (exact) mass is 255 g/mol. The third-order valence-electron chi connectivity index (χ3n) is 2.50. The van der Waals surface area contributed by atoms with E-state index >= 15 is 0 Å². The molecule has 0 bridgehead atoms. The molecule has 0 fully saturated rings. The molecule has 0 amide bonds. The van der Waals surface area contributed by atoms with E-state index in [0.717, 1.165) is 0 Å². The van der Waals surface area contributed by atoms with Crippen molar-refractivity contribution < 1.29 is 23.7 Å². The predicted octanol–water partition coefficient (Wildman–Crippen LogP) is 0.885. The van der Waals surface area contributed by atoms with Gasteiger partial charge in [0.15, 0.2) is 11.5 Å². The van der Waals surface area contributed by atoms with Gasteiger partial charge in [-0.3, -0.25) is 4.79 Å². The van der Waals surface area contributed by atoms with Crippen molar-refractivity contribution in [1.82, 2.24) is 0 Å². The Morgan fingerprint density at radius 3 is 1.89 bits per heavy atom. The van der Waals surface area contributed by atoms with E-state index < -0.39 is 12.0 Å². The number of ether oxygens (including phenoxy) is 4. The van der Waals surface area contributed by atoms with Crippen molar-refractivity contribution in [2.24, 2.45) is 5.73 Å². The quantitative estimate of drug-likeness (QED) is 0.787. The van der Waals surface area contributed by atoms with E-state index in [1.165, 1.54) is 28.4 Å². The number of carbonyl (C=O) groups is 1. The lowest BCUT2D eigenvalue weighted by molar-refractivity contribution is -0.142. The Bertz CT molecular complexity index is 407. The number of rotatable bonds is 5. The minimum absolute atomic E-state index is 0.436. The number of esters is 1. The standard InChI is InChI=1S/C12H17NO5/c1-15-8-5-7(10(13)12(14)18-4)6-9(16-2)11(8)17-3/h5-6,10H,13H2,1-4H3/t10-/m1/s1. The maximum Gasteiger partial charge on any atom is 0.327 e. The second-order valence-corrected chi connectivity index (χ2v) is 3.46. The zero-order valence-corrected chi connectivity index (χ0v) is 10.9. The Kier molecular flexibility index (Phi) is 4.79. The second-order valence-electron chi connectivity index (χ2n) is 3.46. The molecule has 18 heavy (non-hydrogen) atoms. The van der Waals surface area contributed by atoms with Crippen LogP contribution in [0.1, 0.15) is 11.6 Å². The van der Waals surface area contributed by atoms with Gasteiger partial charge in [-0.2, -0.15) is 0 Å². The molecule has 0 aromatic heterocycles. The third kappa shape index (κ3) is 2.65. The van der Waals surface area contributed by atoms with Crippen LogP contribution in [0.5, 0.6) is 17.2 Å². The van der Waals surface area contributed by atoms with E-state index in [-0.39, 0.29) is 0 Å². The highest BCUT2D eigenvalue weighted by Crippen LogP contribution is 2.39. The van der Waals surface area contributed by atoms with Crippen LogP contribution in [0, 0.1) is 0 Å². The van der Waals surface area contributed by atoms with Gasteiger partial charge in [0, 0.05) is 0 Å². The van der Waals surface area contributed by atoms with E-state index in [1.807, 2.05) is 0 Å². The average molecular weight is 255 g/mol. The van der Waals surface area contributed by atoms with Crippen molar-refractivity contribution in [3.8, 4) is 17.2 Å². The first-order chi connectivity index (χ1) is 8.58. The summed E-state index contributed by atoms with van der Waals surface area (Å²) in [6, 6.07) is 2.33. The lowest BCUT2D eigenvalue weighted by Gasteiger charge is -2.16.